The zero-order valence-corrected chi connectivity index (χ0v) is 16.8. The largest absolute Gasteiger partial charge is 0.497 e. The zero-order chi connectivity index (χ0) is 20.2. The van der Waals surface area contributed by atoms with Crippen molar-refractivity contribution in [3.8, 4) is 5.75 Å². The predicted molar refractivity (Wildman–Crippen MR) is 115 cm³/mol. The number of hydrogen-bond donors (Lipinski definition) is 1. The minimum Gasteiger partial charge on any atom is -0.497 e. The third-order valence-electron chi connectivity index (χ3n) is 6.31. The van der Waals surface area contributed by atoms with Gasteiger partial charge in [0, 0.05) is 22.7 Å². The van der Waals surface area contributed by atoms with Gasteiger partial charge < -0.3 is 15.0 Å². The Labute approximate surface area is 170 Å². The first-order valence-electron chi connectivity index (χ1n) is 9.76. The molecule has 5 nitrogen and oxygen atoms in total. The smallest absolute Gasteiger partial charge is 0.241 e. The van der Waals surface area contributed by atoms with E-state index in [9.17, 15) is 4.79 Å². The number of amides is 1. The summed E-state index contributed by atoms with van der Waals surface area (Å²) in [6, 6.07) is 16.3. The van der Waals surface area contributed by atoms with E-state index in [1.165, 1.54) is 5.56 Å². The number of methoxy groups -OCH3 is 1. The van der Waals surface area contributed by atoms with Crippen molar-refractivity contribution in [2.45, 2.75) is 24.9 Å². The summed E-state index contributed by atoms with van der Waals surface area (Å²) in [7, 11) is 1.66. The van der Waals surface area contributed by atoms with E-state index >= 15 is 0 Å². The number of fused-ring (bicyclic) bond motifs is 4. The molecule has 1 N–H and O–H groups in total. The molecule has 1 fully saturated rings. The van der Waals surface area contributed by atoms with Crippen molar-refractivity contribution in [1.29, 1.82) is 0 Å². The summed E-state index contributed by atoms with van der Waals surface area (Å²) in [4.78, 5) is 19.2. The number of para-hydroxylation sites is 1. The molecule has 29 heavy (non-hydrogen) atoms. The van der Waals surface area contributed by atoms with Gasteiger partial charge in [0.05, 0.1) is 19.2 Å². The second-order valence-electron chi connectivity index (χ2n) is 8.20. The van der Waals surface area contributed by atoms with Crippen LogP contribution in [0.5, 0.6) is 5.75 Å². The van der Waals surface area contributed by atoms with Gasteiger partial charge in [-0.2, -0.15) is 0 Å². The van der Waals surface area contributed by atoms with Crippen LogP contribution in [0, 0.1) is 0 Å². The van der Waals surface area contributed by atoms with Gasteiger partial charge in [-0.05, 0) is 47.5 Å². The number of hydrogen-bond acceptors (Lipinski definition) is 4. The molecule has 1 amide bonds. The molecule has 0 unspecified atom stereocenters. The van der Waals surface area contributed by atoms with E-state index in [0.717, 1.165) is 27.9 Å². The molecular formula is C24H23N3O2. The molecule has 3 aromatic rings. The molecular weight excluding hydrogens is 362 g/mol. The van der Waals surface area contributed by atoms with Crippen LogP contribution in [-0.2, 0) is 10.2 Å². The summed E-state index contributed by atoms with van der Waals surface area (Å²) in [5.41, 5.74) is 3.38. The van der Waals surface area contributed by atoms with Crippen LogP contribution in [0.4, 0.5) is 5.69 Å². The number of benzene rings is 2. The Morgan fingerprint density at radius 1 is 1.17 bits per heavy atom. The minimum atomic E-state index is -0.600. The van der Waals surface area contributed by atoms with Gasteiger partial charge in [-0.3, -0.25) is 9.78 Å². The van der Waals surface area contributed by atoms with Crippen molar-refractivity contribution in [2.24, 2.45) is 0 Å². The zero-order valence-electron chi connectivity index (χ0n) is 16.8. The molecule has 0 radical (unpaired) electrons. The second-order valence-corrected chi connectivity index (χ2v) is 8.20. The standard InChI is InChI=1S/C24H23N3O2/c1-23(2)19-6-4-5-7-21(19)27-15-22(28)26-24(23,27)11-10-16-12-17-13-18(29-3)8-9-20(17)25-14-16/h4-14H,15H2,1-3H3,(H,26,28)/t24-/m0/s1. The monoisotopic (exact) mass is 385 g/mol. The summed E-state index contributed by atoms with van der Waals surface area (Å²) in [5, 5.41) is 4.27. The molecule has 2 aromatic carbocycles. The Kier molecular flexibility index (Phi) is 3.72. The number of ether oxygens (including phenoxy) is 1. The number of anilines is 1. The molecule has 2 aliphatic rings. The van der Waals surface area contributed by atoms with Gasteiger partial charge in [0.15, 0.2) is 0 Å². The lowest BCUT2D eigenvalue weighted by Gasteiger charge is -2.40. The van der Waals surface area contributed by atoms with Crippen LogP contribution < -0.4 is 15.0 Å². The molecule has 2 aliphatic heterocycles. The Morgan fingerprint density at radius 2 is 2.00 bits per heavy atom. The molecule has 0 saturated carbocycles. The third-order valence-corrected chi connectivity index (χ3v) is 6.31. The van der Waals surface area contributed by atoms with E-state index in [-0.39, 0.29) is 11.3 Å². The highest BCUT2D eigenvalue weighted by Crippen LogP contribution is 2.52. The van der Waals surface area contributed by atoms with E-state index in [4.69, 9.17) is 4.74 Å². The molecule has 5 rings (SSSR count). The predicted octanol–water partition coefficient (Wildman–Crippen LogP) is 3.88. The fourth-order valence-corrected chi connectivity index (χ4v) is 4.70. The highest BCUT2D eigenvalue weighted by atomic mass is 16.5. The van der Waals surface area contributed by atoms with Gasteiger partial charge in [-0.25, -0.2) is 0 Å². The molecule has 0 bridgehead atoms. The number of aromatic nitrogens is 1. The molecule has 1 saturated heterocycles. The SMILES string of the molecule is COc1ccc2ncc(C=C[C@]34NC(=O)CN3c3ccccc3C4(C)C)cc2c1. The number of carbonyl (C=O) groups excluding carboxylic acids is 1. The quantitative estimate of drug-likeness (QED) is 0.743. The van der Waals surface area contributed by atoms with Crippen molar-refractivity contribution in [1.82, 2.24) is 10.3 Å². The lowest BCUT2D eigenvalue weighted by atomic mass is 9.75. The molecule has 3 heterocycles. The lowest BCUT2D eigenvalue weighted by molar-refractivity contribution is -0.118. The maximum absolute atomic E-state index is 12.4. The lowest BCUT2D eigenvalue weighted by Crippen LogP contribution is -2.58. The third kappa shape index (κ3) is 2.47. The van der Waals surface area contributed by atoms with Gasteiger partial charge in [-0.15, -0.1) is 0 Å². The van der Waals surface area contributed by atoms with E-state index < -0.39 is 5.66 Å². The van der Waals surface area contributed by atoms with E-state index in [1.807, 2.05) is 30.5 Å². The molecule has 0 spiro atoms. The van der Waals surface area contributed by atoms with Crippen LogP contribution in [0.2, 0.25) is 0 Å². The molecule has 146 valence electrons. The van der Waals surface area contributed by atoms with Gasteiger partial charge in [0.2, 0.25) is 5.91 Å². The topological polar surface area (TPSA) is 54.5 Å². The minimum absolute atomic E-state index is 0.0404. The normalized spacial score (nSPS) is 22.0. The van der Waals surface area contributed by atoms with Gasteiger partial charge in [-0.1, -0.05) is 38.1 Å². The van der Waals surface area contributed by atoms with Gasteiger partial charge >= 0.3 is 0 Å². The van der Waals surface area contributed by atoms with Gasteiger partial charge in [0.25, 0.3) is 0 Å². The van der Waals surface area contributed by atoms with Crippen molar-refractivity contribution in [2.75, 3.05) is 18.6 Å². The second kappa shape index (κ2) is 6.08. The first-order chi connectivity index (χ1) is 13.9. The maximum atomic E-state index is 12.4. The summed E-state index contributed by atoms with van der Waals surface area (Å²) >= 11 is 0. The Morgan fingerprint density at radius 3 is 2.83 bits per heavy atom. The number of rotatable bonds is 3. The Hall–Kier alpha value is -3.34. The summed E-state index contributed by atoms with van der Waals surface area (Å²) in [5.74, 6) is 0.847. The number of nitrogens with one attached hydrogen (secondary N) is 1. The fraction of sp³-hybridized carbons (Fsp3) is 0.250. The van der Waals surface area contributed by atoms with E-state index in [1.54, 1.807) is 7.11 Å². The molecule has 5 heteroatoms. The van der Waals surface area contributed by atoms with Crippen molar-refractivity contribution in [3.63, 3.8) is 0 Å². The van der Waals surface area contributed by atoms with Crippen LogP contribution >= 0.6 is 0 Å². The van der Waals surface area contributed by atoms with Crippen LogP contribution in [0.1, 0.15) is 25.0 Å². The highest BCUT2D eigenvalue weighted by Gasteiger charge is 2.59. The van der Waals surface area contributed by atoms with E-state index in [2.05, 4.69) is 65.5 Å². The van der Waals surface area contributed by atoms with Crippen molar-refractivity contribution < 1.29 is 9.53 Å². The Balaban J connectivity index is 1.59. The van der Waals surface area contributed by atoms with E-state index in [0.29, 0.717) is 6.54 Å². The highest BCUT2D eigenvalue weighted by molar-refractivity contribution is 5.92. The van der Waals surface area contributed by atoms with Crippen molar-refractivity contribution in [3.05, 3.63) is 71.9 Å². The first-order valence-corrected chi connectivity index (χ1v) is 9.76. The molecule has 1 aromatic heterocycles. The average Bonchev–Trinajstić information content (AvgIpc) is 3.16. The Bertz CT molecular complexity index is 1170. The maximum Gasteiger partial charge on any atom is 0.241 e. The summed E-state index contributed by atoms with van der Waals surface area (Å²) in [6.07, 6.45) is 6.03. The van der Waals surface area contributed by atoms with Crippen LogP contribution in [0.15, 0.2) is 60.8 Å². The van der Waals surface area contributed by atoms with Crippen LogP contribution in [-0.4, -0.2) is 30.2 Å². The summed E-state index contributed by atoms with van der Waals surface area (Å²) < 4.78 is 5.33. The van der Waals surface area contributed by atoms with Crippen molar-refractivity contribution >= 4 is 28.6 Å². The number of pyridine rings is 1. The number of nitrogens with zero attached hydrogens (tertiary/aromatic N) is 2. The van der Waals surface area contributed by atoms with Gasteiger partial charge in [0.1, 0.15) is 11.4 Å². The first kappa shape index (κ1) is 17.7. The molecule has 1 atom stereocenters. The average molecular weight is 385 g/mol. The summed E-state index contributed by atoms with van der Waals surface area (Å²) in [6.45, 7) is 4.73. The van der Waals surface area contributed by atoms with Crippen LogP contribution in [0.25, 0.3) is 17.0 Å². The molecule has 0 aliphatic carbocycles. The van der Waals surface area contributed by atoms with Crippen LogP contribution in [0.3, 0.4) is 0 Å². The fourth-order valence-electron chi connectivity index (χ4n) is 4.70. The number of carbonyl (C=O) groups is 1.